The summed E-state index contributed by atoms with van der Waals surface area (Å²) >= 11 is 0. The van der Waals surface area contributed by atoms with E-state index in [0.717, 1.165) is 44.9 Å². The molecule has 0 aromatic heterocycles. The molecular formula is C16H24N2O2S. The van der Waals surface area contributed by atoms with Crippen molar-refractivity contribution in [2.75, 3.05) is 7.05 Å². The Morgan fingerprint density at radius 2 is 1.81 bits per heavy atom. The van der Waals surface area contributed by atoms with Crippen LogP contribution in [0.25, 0.3) is 0 Å². The molecule has 4 nitrogen and oxygen atoms in total. The fourth-order valence-electron chi connectivity index (χ4n) is 3.64. The highest BCUT2D eigenvalue weighted by Crippen LogP contribution is 2.29. The van der Waals surface area contributed by atoms with Crippen molar-refractivity contribution < 1.29 is 8.42 Å². The predicted molar refractivity (Wildman–Crippen MR) is 83.6 cm³/mol. The van der Waals surface area contributed by atoms with Gasteiger partial charge in [-0.25, -0.2) is 8.42 Å². The molecule has 2 atom stereocenters. The number of aryl methyl sites for hydroxylation is 2. The SMILES string of the molecule is CN(C1CCCCC1N)S(=O)(=O)c1ccc2c(c1)CCC2. The van der Waals surface area contributed by atoms with E-state index in [-0.39, 0.29) is 12.1 Å². The van der Waals surface area contributed by atoms with Gasteiger partial charge in [-0.15, -0.1) is 0 Å². The van der Waals surface area contributed by atoms with Gasteiger partial charge in [-0.1, -0.05) is 18.9 Å². The molecule has 0 radical (unpaired) electrons. The van der Waals surface area contributed by atoms with Crippen molar-refractivity contribution in [2.24, 2.45) is 5.73 Å². The van der Waals surface area contributed by atoms with Gasteiger partial charge in [0.1, 0.15) is 0 Å². The molecule has 0 bridgehead atoms. The van der Waals surface area contributed by atoms with Crippen LogP contribution in [0.5, 0.6) is 0 Å². The summed E-state index contributed by atoms with van der Waals surface area (Å²) in [7, 11) is -1.76. The van der Waals surface area contributed by atoms with Gasteiger partial charge in [0.05, 0.1) is 4.90 Å². The van der Waals surface area contributed by atoms with E-state index < -0.39 is 10.0 Å². The standard InChI is InChI=1S/C16H24N2O2S/c1-18(16-8-3-2-7-15(16)17)21(19,20)14-10-9-12-5-4-6-13(12)11-14/h9-11,15-16H,2-8,17H2,1H3. The molecule has 2 aliphatic rings. The second kappa shape index (κ2) is 5.71. The molecule has 0 spiro atoms. The molecular weight excluding hydrogens is 284 g/mol. The molecule has 2 unspecified atom stereocenters. The van der Waals surface area contributed by atoms with Crippen molar-refractivity contribution >= 4 is 10.0 Å². The topological polar surface area (TPSA) is 63.4 Å². The van der Waals surface area contributed by atoms with Gasteiger partial charge in [-0.05, 0) is 55.4 Å². The number of fused-ring (bicyclic) bond motifs is 1. The number of benzene rings is 1. The van der Waals surface area contributed by atoms with Gasteiger partial charge >= 0.3 is 0 Å². The Morgan fingerprint density at radius 1 is 1.10 bits per heavy atom. The molecule has 21 heavy (non-hydrogen) atoms. The quantitative estimate of drug-likeness (QED) is 0.929. The van der Waals surface area contributed by atoms with Crippen LogP contribution in [0.3, 0.4) is 0 Å². The maximum atomic E-state index is 12.8. The fraction of sp³-hybridized carbons (Fsp3) is 0.625. The summed E-state index contributed by atoms with van der Waals surface area (Å²) in [6.07, 6.45) is 7.12. The first-order chi connectivity index (χ1) is 10.00. The first-order valence-corrected chi connectivity index (χ1v) is 9.29. The minimum atomic E-state index is -3.44. The molecule has 2 aliphatic carbocycles. The summed E-state index contributed by atoms with van der Waals surface area (Å²) < 4.78 is 27.2. The van der Waals surface area contributed by atoms with Crippen molar-refractivity contribution in [1.29, 1.82) is 0 Å². The van der Waals surface area contributed by atoms with Gasteiger partial charge in [0.2, 0.25) is 10.0 Å². The van der Waals surface area contributed by atoms with Crippen LogP contribution in [0.2, 0.25) is 0 Å². The number of hydrogen-bond acceptors (Lipinski definition) is 3. The van der Waals surface area contributed by atoms with Crippen LogP contribution in [0.15, 0.2) is 23.1 Å². The van der Waals surface area contributed by atoms with E-state index in [9.17, 15) is 8.42 Å². The minimum absolute atomic E-state index is 0.0482. The summed E-state index contributed by atoms with van der Waals surface area (Å²) in [4.78, 5) is 0.420. The third-order valence-corrected chi connectivity index (χ3v) is 6.87. The lowest BCUT2D eigenvalue weighted by Gasteiger charge is -2.35. The molecule has 0 amide bonds. The molecule has 1 aromatic carbocycles. The Kier molecular flexibility index (Phi) is 4.08. The molecule has 0 heterocycles. The molecule has 3 rings (SSSR count). The number of nitrogens with zero attached hydrogens (tertiary/aromatic N) is 1. The minimum Gasteiger partial charge on any atom is -0.326 e. The number of likely N-dealkylation sites (N-methyl/N-ethyl adjacent to an activating group) is 1. The largest absolute Gasteiger partial charge is 0.326 e. The summed E-state index contributed by atoms with van der Waals surface area (Å²) in [6.45, 7) is 0. The van der Waals surface area contributed by atoms with Gasteiger partial charge in [0.25, 0.3) is 0 Å². The van der Waals surface area contributed by atoms with Crippen LogP contribution >= 0.6 is 0 Å². The van der Waals surface area contributed by atoms with E-state index >= 15 is 0 Å². The highest BCUT2D eigenvalue weighted by atomic mass is 32.2. The molecule has 0 saturated heterocycles. The lowest BCUT2D eigenvalue weighted by molar-refractivity contribution is 0.252. The van der Waals surface area contributed by atoms with Crippen molar-refractivity contribution in [3.8, 4) is 0 Å². The van der Waals surface area contributed by atoms with E-state index in [4.69, 9.17) is 5.73 Å². The summed E-state index contributed by atoms with van der Waals surface area (Å²) in [5, 5.41) is 0. The van der Waals surface area contributed by atoms with Crippen LogP contribution in [0.1, 0.15) is 43.2 Å². The summed E-state index contributed by atoms with van der Waals surface area (Å²) in [6, 6.07) is 5.47. The van der Waals surface area contributed by atoms with Crippen LogP contribution in [-0.4, -0.2) is 31.9 Å². The van der Waals surface area contributed by atoms with E-state index in [2.05, 4.69) is 0 Å². The molecule has 2 N–H and O–H groups in total. The lowest BCUT2D eigenvalue weighted by atomic mass is 9.91. The molecule has 1 fully saturated rings. The van der Waals surface area contributed by atoms with Gasteiger partial charge < -0.3 is 5.73 Å². The maximum absolute atomic E-state index is 12.8. The van der Waals surface area contributed by atoms with Crippen molar-refractivity contribution in [3.63, 3.8) is 0 Å². The van der Waals surface area contributed by atoms with E-state index in [1.54, 1.807) is 13.1 Å². The lowest BCUT2D eigenvalue weighted by Crippen LogP contribution is -2.50. The molecule has 1 aromatic rings. The van der Waals surface area contributed by atoms with Gasteiger partial charge in [0, 0.05) is 19.1 Å². The van der Waals surface area contributed by atoms with Gasteiger partial charge in [-0.2, -0.15) is 4.31 Å². The second-order valence-corrected chi connectivity index (χ2v) is 8.32. The fourth-order valence-corrected chi connectivity index (χ4v) is 5.13. The Bertz CT molecular complexity index is 627. The van der Waals surface area contributed by atoms with E-state index in [1.165, 1.54) is 15.4 Å². The Hall–Kier alpha value is -0.910. The molecule has 1 saturated carbocycles. The Labute approximate surface area is 127 Å². The zero-order valence-electron chi connectivity index (χ0n) is 12.6. The number of hydrogen-bond donors (Lipinski definition) is 1. The first-order valence-electron chi connectivity index (χ1n) is 7.85. The Balaban J connectivity index is 1.89. The van der Waals surface area contributed by atoms with Crippen molar-refractivity contribution in [1.82, 2.24) is 4.31 Å². The normalized spacial score (nSPS) is 26.0. The third-order valence-electron chi connectivity index (χ3n) is 5.00. The monoisotopic (exact) mass is 308 g/mol. The third kappa shape index (κ3) is 2.74. The van der Waals surface area contributed by atoms with Crippen LogP contribution < -0.4 is 5.73 Å². The Morgan fingerprint density at radius 3 is 2.57 bits per heavy atom. The summed E-state index contributed by atoms with van der Waals surface area (Å²) in [5.41, 5.74) is 8.63. The number of nitrogens with two attached hydrogens (primary N) is 1. The van der Waals surface area contributed by atoms with Crippen LogP contribution in [0, 0.1) is 0 Å². The van der Waals surface area contributed by atoms with Crippen molar-refractivity contribution in [2.45, 2.75) is 61.9 Å². The smallest absolute Gasteiger partial charge is 0.243 e. The summed E-state index contributed by atoms with van der Waals surface area (Å²) in [5.74, 6) is 0. The predicted octanol–water partition coefficient (Wildman–Crippen LogP) is 2.07. The average Bonchev–Trinajstić information content (AvgIpc) is 2.94. The van der Waals surface area contributed by atoms with E-state index in [0.29, 0.717) is 4.90 Å². The van der Waals surface area contributed by atoms with E-state index in [1.807, 2.05) is 12.1 Å². The molecule has 116 valence electrons. The first kappa shape index (κ1) is 15.0. The van der Waals surface area contributed by atoms with Crippen molar-refractivity contribution in [3.05, 3.63) is 29.3 Å². The number of sulfonamides is 1. The van der Waals surface area contributed by atoms with Gasteiger partial charge in [0.15, 0.2) is 0 Å². The highest BCUT2D eigenvalue weighted by molar-refractivity contribution is 7.89. The van der Waals surface area contributed by atoms with Gasteiger partial charge in [-0.3, -0.25) is 0 Å². The van der Waals surface area contributed by atoms with Crippen LogP contribution in [0.4, 0.5) is 0 Å². The zero-order valence-corrected chi connectivity index (χ0v) is 13.4. The second-order valence-electron chi connectivity index (χ2n) is 6.32. The number of rotatable bonds is 3. The molecule has 5 heteroatoms. The molecule has 0 aliphatic heterocycles. The zero-order chi connectivity index (χ0) is 15.0. The average molecular weight is 308 g/mol. The van der Waals surface area contributed by atoms with Crippen LogP contribution in [-0.2, 0) is 22.9 Å². The maximum Gasteiger partial charge on any atom is 0.243 e. The highest BCUT2D eigenvalue weighted by Gasteiger charge is 2.33.